The van der Waals surface area contributed by atoms with Crippen LogP contribution in [-0.4, -0.2) is 42.8 Å². The van der Waals surface area contributed by atoms with Crippen molar-refractivity contribution in [2.24, 2.45) is 0 Å². The van der Waals surface area contributed by atoms with E-state index in [-0.39, 0.29) is 41.7 Å². The highest BCUT2D eigenvalue weighted by Crippen LogP contribution is 2.31. The fourth-order valence-corrected chi connectivity index (χ4v) is 3.74. The molecule has 2 aromatic heterocycles. The summed E-state index contributed by atoms with van der Waals surface area (Å²) in [6.45, 7) is 4.43. The summed E-state index contributed by atoms with van der Waals surface area (Å²) < 4.78 is 15.1. The fourth-order valence-electron chi connectivity index (χ4n) is 3.74. The van der Waals surface area contributed by atoms with E-state index in [0.717, 1.165) is 24.8 Å². The summed E-state index contributed by atoms with van der Waals surface area (Å²) in [5.74, 6) is 0.849. The molecule has 0 spiro atoms. The van der Waals surface area contributed by atoms with Gasteiger partial charge in [0.2, 0.25) is 5.69 Å². The second-order valence-corrected chi connectivity index (χ2v) is 8.00. The summed E-state index contributed by atoms with van der Waals surface area (Å²) in [4.78, 5) is 24.5. The number of nitro groups is 1. The zero-order valence-corrected chi connectivity index (χ0v) is 18.3. The van der Waals surface area contributed by atoms with Gasteiger partial charge in [-0.2, -0.15) is 5.10 Å². The Hall–Kier alpha value is -3.47. The quantitative estimate of drug-likeness (QED) is 0.407. The highest BCUT2D eigenvalue weighted by Gasteiger charge is 2.30. The van der Waals surface area contributed by atoms with Crippen LogP contribution in [0.5, 0.6) is 5.75 Å². The average Bonchev–Trinajstić information content (AvgIpc) is 3.37. The molecular formula is C21H26N6O5. The van der Waals surface area contributed by atoms with Crippen LogP contribution >= 0.6 is 0 Å². The van der Waals surface area contributed by atoms with Crippen LogP contribution in [0.25, 0.3) is 11.5 Å². The maximum Gasteiger partial charge on any atom is 0.346 e. The topological polar surface area (TPSA) is 119 Å². The third-order valence-electron chi connectivity index (χ3n) is 5.45. The van der Waals surface area contributed by atoms with E-state index in [0.29, 0.717) is 12.4 Å². The first kappa shape index (κ1) is 21.8. The number of hydrogen-bond donors (Lipinski definition) is 0. The second-order valence-electron chi connectivity index (χ2n) is 8.00. The van der Waals surface area contributed by atoms with Crippen LogP contribution in [0, 0.1) is 10.1 Å². The standard InChI is InChI=1S/C21H26N6O5/c1-14(2)26-21(28)24(12-15-7-9-16(31-3)10-8-15)20(23-26)19-17(27(29)30)13-25(22-19)18-6-4-5-11-32-18/h7-10,13-14,18H,4-6,11-12H2,1-3H3. The molecule has 11 nitrogen and oxygen atoms in total. The van der Waals surface area contributed by atoms with Crippen molar-refractivity contribution >= 4 is 5.69 Å². The minimum Gasteiger partial charge on any atom is -0.497 e. The lowest BCUT2D eigenvalue weighted by molar-refractivity contribution is -0.384. The summed E-state index contributed by atoms with van der Waals surface area (Å²) in [6, 6.07) is 7.05. The Morgan fingerprint density at radius 2 is 2.00 bits per heavy atom. The van der Waals surface area contributed by atoms with Crippen molar-refractivity contribution in [2.45, 2.75) is 51.9 Å². The molecule has 0 aliphatic carbocycles. The number of hydrogen-bond acceptors (Lipinski definition) is 7. The van der Waals surface area contributed by atoms with Crippen LogP contribution in [0.1, 0.15) is 50.9 Å². The van der Waals surface area contributed by atoms with Crippen LogP contribution in [0.15, 0.2) is 35.3 Å². The molecule has 0 saturated carbocycles. The molecule has 1 fully saturated rings. The van der Waals surface area contributed by atoms with Gasteiger partial charge in [0.05, 0.1) is 24.6 Å². The molecule has 1 atom stereocenters. The largest absolute Gasteiger partial charge is 0.497 e. The van der Waals surface area contributed by atoms with Crippen LogP contribution in [0.4, 0.5) is 5.69 Å². The summed E-state index contributed by atoms with van der Waals surface area (Å²) in [7, 11) is 1.58. The number of ether oxygens (including phenoxy) is 2. The molecule has 0 amide bonds. The van der Waals surface area contributed by atoms with Gasteiger partial charge >= 0.3 is 11.4 Å². The zero-order chi connectivity index (χ0) is 22.8. The highest BCUT2D eigenvalue weighted by atomic mass is 16.6. The van der Waals surface area contributed by atoms with Gasteiger partial charge in [-0.05, 0) is 50.8 Å². The summed E-state index contributed by atoms with van der Waals surface area (Å²) >= 11 is 0. The van der Waals surface area contributed by atoms with Crippen molar-refractivity contribution in [3.05, 3.63) is 56.6 Å². The van der Waals surface area contributed by atoms with Gasteiger partial charge in [0.15, 0.2) is 5.82 Å². The van der Waals surface area contributed by atoms with Gasteiger partial charge in [0.25, 0.3) is 0 Å². The van der Waals surface area contributed by atoms with E-state index in [9.17, 15) is 14.9 Å². The van der Waals surface area contributed by atoms with E-state index < -0.39 is 4.92 Å². The smallest absolute Gasteiger partial charge is 0.346 e. The fraction of sp³-hybridized carbons (Fsp3) is 0.476. The zero-order valence-electron chi connectivity index (χ0n) is 18.3. The summed E-state index contributed by atoms with van der Waals surface area (Å²) in [5.41, 5.74) is 0.309. The summed E-state index contributed by atoms with van der Waals surface area (Å²) in [6.07, 6.45) is 3.62. The first-order valence-electron chi connectivity index (χ1n) is 10.6. The molecule has 3 aromatic rings. The predicted molar refractivity (Wildman–Crippen MR) is 116 cm³/mol. The van der Waals surface area contributed by atoms with Crippen molar-refractivity contribution in [3.8, 4) is 17.3 Å². The van der Waals surface area contributed by atoms with Crippen molar-refractivity contribution in [3.63, 3.8) is 0 Å². The third-order valence-corrected chi connectivity index (χ3v) is 5.45. The number of rotatable bonds is 7. The SMILES string of the molecule is COc1ccc(Cn2c(-c3nn(C4CCCCO4)cc3[N+](=O)[O-])nn(C(C)C)c2=O)cc1. The molecule has 1 aromatic carbocycles. The maximum atomic E-state index is 13.1. The van der Waals surface area contributed by atoms with E-state index in [1.54, 1.807) is 19.2 Å². The molecule has 1 saturated heterocycles. The minimum atomic E-state index is -0.502. The predicted octanol–water partition coefficient (Wildman–Crippen LogP) is 3.15. The lowest BCUT2D eigenvalue weighted by Crippen LogP contribution is -2.26. The van der Waals surface area contributed by atoms with Gasteiger partial charge in [0, 0.05) is 6.61 Å². The Labute approximate surface area is 184 Å². The van der Waals surface area contributed by atoms with Gasteiger partial charge in [0.1, 0.15) is 18.2 Å². The molecular weight excluding hydrogens is 416 g/mol. The number of aromatic nitrogens is 5. The molecule has 3 heterocycles. The van der Waals surface area contributed by atoms with Crippen LogP contribution in [0.3, 0.4) is 0 Å². The van der Waals surface area contributed by atoms with Crippen LogP contribution in [0.2, 0.25) is 0 Å². The number of benzene rings is 1. The lowest BCUT2D eigenvalue weighted by atomic mass is 10.2. The van der Waals surface area contributed by atoms with E-state index in [2.05, 4.69) is 10.2 Å². The van der Waals surface area contributed by atoms with Gasteiger partial charge in [-0.3, -0.25) is 14.7 Å². The molecule has 0 N–H and O–H groups in total. The minimum absolute atomic E-state index is 0.0502. The first-order chi connectivity index (χ1) is 15.4. The Kier molecular flexibility index (Phi) is 6.08. The Morgan fingerprint density at radius 1 is 1.25 bits per heavy atom. The molecule has 1 aliphatic rings. The molecule has 32 heavy (non-hydrogen) atoms. The molecule has 1 unspecified atom stereocenters. The number of methoxy groups -OCH3 is 1. The number of nitrogens with zero attached hydrogens (tertiary/aromatic N) is 6. The van der Waals surface area contributed by atoms with Crippen molar-refractivity contribution in [1.82, 2.24) is 24.1 Å². The van der Waals surface area contributed by atoms with Crippen molar-refractivity contribution < 1.29 is 14.4 Å². The summed E-state index contributed by atoms with van der Waals surface area (Å²) in [5, 5.41) is 20.7. The van der Waals surface area contributed by atoms with Gasteiger partial charge in [-0.15, -0.1) is 5.10 Å². The molecule has 0 radical (unpaired) electrons. The Bertz CT molecular complexity index is 1150. The van der Waals surface area contributed by atoms with E-state index >= 15 is 0 Å². The highest BCUT2D eigenvalue weighted by molar-refractivity contribution is 5.62. The van der Waals surface area contributed by atoms with Gasteiger partial charge < -0.3 is 9.47 Å². The van der Waals surface area contributed by atoms with E-state index in [4.69, 9.17) is 9.47 Å². The van der Waals surface area contributed by atoms with Gasteiger partial charge in [-0.25, -0.2) is 14.2 Å². The third kappa shape index (κ3) is 4.15. The van der Waals surface area contributed by atoms with E-state index in [1.165, 1.54) is 20.1 Å². The average molecular weight is 442 g/mol. The van der Waals surface area contributed by atoms with Crippen LogP contribution in [-0.2, 0) is 11.3 Å². The van der Waals surface area contributed by atoms with Gasteiger partial charge in [-0.1, -0.05) is 12.1 Å². The molecule has 11 heteroatoms. The van der Waals surface area contributed by atoms with Crippen LogP contribution < -0.4 is 10.4 Å². The molecule has 170 valence electrons. The molecule has 0 bridgehead atoms. The Morgan fingerprint density at radius 3 is 2.59 bits per heavy atom. The Balaban J connectivity index is 1.81. The van der Waals surface area contributed by atoms with Crippen molar-refractivity contribution in [2.75, 3.05) is 13.7 Å². The van der Waals surface area contributed by atoms with E-state index in [1.807, 2.05) is 26.0 Å². The maximum absolute atomic E-state index is 13.1. The monoisotopic (exact) mass is 442 g/mol. The molecule has 1 aliphatic heterocycles. The molecule has 4 rings (SSSR count). The van der Waals surface area contributed by atoms with Crippen molar-refractivity contribution in [1.29, 1.82) is 0 Å². The lowest BCUT2D eigenvalue weighted by Gasteiger charge is -2.22. The first-order valence-corrected chi connectivity index (χ1v) is 10.6. The normalized spacial score (nSPS) is 16.4. The second kappa shape index (κ2) is 8.95.